The number of nitrogens with zero attached hydrogens (tertiary/aromatic N) is 1. The molecule has 0 bridgehead atoms. The van der Waals surface area contributed by atoms with Gasteiger partial charge in [-0.2, -0.15) is 0 Å². The van der Waals surface area contributed by atoms with Gasteiger partial charge in [-0.1, -0.05) is 0 Å². The number of amides is 1. The summed E-state index contributed by atoms with van der Waals surface area (Å²) in [6, 6.07) is 3.42. The van der Waals surface area contributed by atoms with Gasteiger partial charge in [-0.25, -0.2) is 4.98 Å². The van der Waals surface area contributed by atoms with Gasteiger partial charge in [0.05, 0.1) is 11.9 Å². The molecule has 0 radical (unpaired) electrons. The first-order chi connectivity index (χ1) is 8.24. The topological polar surface area (TPSA) is 77.2 Å². The highest BCUT2D eigenvalue weighted by Gasteiger charge is 2.16. The van der Waals surface area contributed by atoms with Crippen molar-refractivity contribution in [3.8, 4) is 0 Å². The molecule has 1 aromatic rings. The highest BCUT2D eigenvalue weighted by atomic mass is 16.5. The van der Waals surface area contributed by atoms with Crippen LogP contribution in [0.5, 0.6) is 0 Å². The van der Waals surface area contributed by atoms with Crippen LogP contribution in [-0.4, -0.2) is 24.1 Å². The Kier molecular flexibility index (Phi) is 3.93. The van der Waals surface area contributed by atoms with Gasteiger partial charge in [-0.15, -0.1) is 0 Å². The smallest absolute Gasteiger partial charge is 0.224 e. The van der Waals surface area contributed by atoms with E-state index < -0.39 is 0 Å². The number of carbonyl (C=O) groups excluding carboxylic acids is 1. The number of ether oxygens (including phenoxy) is 1. The Hall–Kier alpha value is -1.62. The number of hydrogen-bond acceptors (Lipinski definition) is 4. The van der Waals surface area contributed by atoms with Crippen molar-refractivity contribution in [2.24, 2.45) is 5.92 Å². The van der Waals surface area contributed by atoms with Crippen molar-refractivity contribution in [2.45, 2.75) is 19.3 Å². The average Bonchev–Trinajstić information content (AvgIpc) is 2.83. The molecule has 1 atom stereocenters. The van der Waals surface area contributed by atoms with E-state index in [1.165, 1.54) is 0 Å². The van der Waals surface area contributed by atoms with E-state index >= 15 is 0 Å². The quantitative estimate of drug-likeness (QED) is 0.827. The number of pyridine rings is 1. The van der Waals surface area contributed by atoms with Crippen molar-refractivity contribution < 1.29 is 9.53 Å². The van der Waals surface area contributed by atoms with Crippen molar-refractivity contribution in [2.75, 3.05) is 24.3 Å². The summed E-state index contributed by atoms with van der Waals surface area (Å²) in [6.45, 7) is 1.62. The molecule has 92 valence electrons. The highest BCUT2D eigenvalue weighted by Crippen LogP contribution is 2.18. The molecule has 17 heavy (non-hydrogen) atoms. The minimum absolute atomic E-state index is 0.0171. The summed E-state index contributed by atoms with van der Waals surface area (Å²) in [5.41, 5.74) is 6.15. The number of anilines is 2. The number of rotatable bonds is 4. The third kappa shape index (κ3) is 3.71. The van der Waals surface area contributed by atoms with E-state index in [2.05, 4.69) is 10.3 Å². The molecule has 5 nitrogen and oxygen atoms in total. The number of hydrogen-bond donors (Lipinski definition) is 2. The lowest BCUT2D eigenvalue weighted by molar-refractivity contribution is -0.116. The first-order valence-electron chi connectivity index (χ1n) is 5.83. The van der Waals surface area contributed by atoms with Crippen molar-refractivity contribution >= 4 is 17.4 Å². The summed E-state index contributed by atoms with van der Waals surface area (Å²) in [4.78, 5) is 15.6. The number of carbonyl (C=O) groups is 1. The van der Waals surface area contributed by atoms with Gasteiger partial charge >= 0.3 is 0 Å². The molecule has 1 saturated heterocycles. The van der Waals surface area contributed by atoms with E-state index in [0.29, 0.717) is 23.8 Å². The number of nitrogens with one attached hydrogen (secondary N) is 1. The van der Waals surface area contributed by atoms with Crippen molar-refractivity contribution in [1.82, 2.24) is 4.98 Å². The van der Waals surface area contributed by atoms with E-state index in [4.69, 9.17) is 10.5 Å². The Bertz CT molecular complexity index is 372. The van der Waals surface area contributed by atoms with Crippen LogP contribution in [-0.2, 0) is 9.53 Å². The minimum Gasteiger partial charge on any atom is -0.384 e. The Morgan fingerprint density at radius 2 is 2.47 bits per heavy atom. The lowest BCUT2D eigenvalue weighted by Crippen LogP contribution is -2.13. The molecule has 1 aromatic heterocycles. The molecule has 0 saturated carbocycles. The Labute approximate surface area is 100 Å². The molecule has 1 unspecified atom stereocenters. The normalized spacial score (nSPS) is 19.2. The molecule has 1 aliphatic rings. The maximum atomic E-state index is 11.6. The fourth-order valence-corrected chi connectivity index (χ4v) is 1.85. The predicted octanol–water partition coefficient (Wildman–Crippen LogP) is 1.42. The largest absolute Gasteiger partial charge is 0.384 e. The molecular formula is C12H17N3O2. The van der Waals surface area contributed by atoms with Crippen LogP contribution >= 0.6 is 0 Å². The molecule has 1 fully saturated rings. The second kappa shape index (κ2) is 5.63. The monoisotopic (exact) mass is 235 g/mol. The summed E-state index contributed by atoms with van der Waals surface area (Å²) in [5, 5.41) is 2.80. The number of nitrogens with two attached hydrogens (primary N) is 1. The van der Waals surface area contributed by atoms with Gasteiger partial charge in [0.15, 0.2) is 0 Å². The fraction of sp³-hybridized carbons (Fsp3) is 0.500. The maximum absolute atomic E-state index is 11.6. The van der Waals surface area contributed by atoms with Gasteiger partial charge in [0.2, 0.25) is 5.91 Å². The van der Waals surface area contributed by atoms with Crippen LogP contribution in [0.2, 0.25) is 0 Å². The molecule has 1 amide bonds. The van der Waals surface area contributed by atoms with Crippen LogP contribution in [0.25, 0.3) is 0 Å². The van der Waals surface area contributed by atoms with Crippen LogP contribution < -0.4 is 11.1 Å². The Morgan fingerprint density at radius 1 is 1.59 bits per heavy atom. The van der Waals surface area contributed by atoms with Crippen LogP contribution in [0.15, 0.2) is 18.3 Å². The second-order valence-electron chi connectivity index (χ2n) is 4.29. The van der Waals surface area contributed by atoms with Crippen molar-refractivity contribution in [3.05, 3.63) is 18.3 Å². The van der Waals surface area contributed by atoms with E-state index in [1.54, 1.807) is 18.3 Å². The first-order valence-corrected chi connectivity index (χ1v) is 5.83. The third-order valence-corrected chi connectivity index (χ3v) is 2.87. The summed E-state index contributed by atoms with van der Waals surface area (Å²) < 4.78 is 5.27. The van der Waals surface area contributed by atoms with Gasteiger partial charge < -0.3 is 15.8 Å². The molecule has 1 aliphatic heterocycles. The van der Waals surface area contributed by atoms with Crippen molar-refractivity contribution in [1.29, 1.82) is 0 Å². The molecule has 2 heterocycles. The summed E-state index contributed by atoms with van der Waals surface area (Å²) in [7, 11) is 0. The van der Waals surface area contributed by atoms with Gasteiger partial charge in [0.25, 0.3) is 0 Å². The van der Waals surface area contributed by atoms with Crippen LogP contribution in [0, 0.1) is 5.92 Å². The minimum atomic E-state index is 0.0171. The first kappa shape index (κ1) is 11.9. The fourth-order valence-electron chi connectivity index (χ4n) is 1.85. The molecule has 0 spiro atoms. The molecule has 5 heteroatoms. The van der Waals surface area contributed by atoms with Gasteiger partial charge in [-0.05, 0) is 30.9 Å². The number of aromatic nitrogens is 1. The lowest BCUT2D eigenvalue weighted by atomic mass is 10.0. The lowest BCUT2D eigenvalue weighted by Gasteiger charge is -2.08. The third-order valence-electron chi connectivity index (χ3n) is 2.87. The molecule has 0 aliphatic carbocycles. The summed E-state index contributed by atoms with van der Waals surface area (Å²) >= 11 is 0. The zero-order valence-electron chi connectivity index (χ0n) is 9.69. The van der Waals surface area contributed by atoms with Gasteiger partial charge in [0, 0.05) is 19.6 Å². The molecule has 0 aromatic carbocycles. The second-order valence-corrected chi connectivity index (χ2v) is 4.29. The van der Waals surface area contributed by atoms with Crippen molar-refractivity contribution in [3.63, 3.8) is 0 Å². The van der Waals surface area contributed by atoms with Gasteiger partial charge in [-0.3, -0.25) is 4.79 Å². The molecule has 3 N–H and O–H groups in total. The molecule has 2 rings (SSSR count). The zero-order valence-corrected chi connectivity index (χ0v) is 9.69. The van der Waals surface area contributed by atoms with Gasteiger partial charge in [0.1, 0.15) is 5.82 Å². The number of nitrogen functional groups attached to an aromatic ring is 1. The van der Waals surface area contributed by atoms with Crippen LogP contribution in [0.4, 0.5) is 11.5 Å². The van der Waals surface area contributed by atoms with E-state index in [-0.39, 0.29) is 5.91 Å². The SMILES string of the molecule is Nc1ccc(NC(=O)CCC2CCOC2)cn1. The maximum Gasteiger partial charge on any atom is 0.224 e. The van der Waals surface area contributed by atoms with E-state index in [9.17, 15) is 4.79 Å². The highest BCUT2D eigenvalue weighted by molar-refractivity contribution is 5.90. The van der Waals surface area contributed by atoms with Crippen LogP contribution in [0.1, 0.15) is 19.3 Å². The Morgan fingerprint density at radius 3 is 3.12 bits per heavy atom. The predicted molar refractivity (Wildman–Crippen MR) is 65.4 cm³/mol. The summed E-state index contributed by atoms with van der Waals surface area (Å²) in [6.07, 6.45) is 4.04. The van der Waals surface area contributed by atoms with E-state index in [1.807, 2.05) is 0 Å². The summed E-state index contributed by atoms with van der Waals surface area (Å²) in [5.74, 6) is 1.000. The average molecular weight is 235 g/mol. The van der Waals surface area contributed by atoms with E-state index in [0.717, 1.165) is 26.1 Å². The Balaban J connectivity index is 1.74. The standard InChI is InChI=1S/C12H17N3O2/c13-11-3-2-10(7-14-11)15-12(16)4-1-9-5-6-17-8-9/h2-3,7,9H,1,4-6,8H2,(H2,13,14)(H,15,16). The zero-order chi connectivity index (χ0) is 12.1. The van der Waals surface area contributed by atoms with Crippen LogP contribution in [0.3, 0.4) is 0 Å². The molecular weight excluding hydrogens is 218 g/mol.